The monoisotopic (exact) mass is 509 g/mol. The van der Waals surface area contributed by atoms with Crippen LogP contribution in [-0.2, 0) is 12.8 Å². The van der Waals surface area contributed by atoms with Crippen molar-refractivity contribution in [3.63, 3.8) is 0 Å². The number of piperazine rings is 1. The minimum absolute atomic E-state index is 0.235. The summed E-state index contributed by atoms with van der Waals surface area (Å²) in [6.45, 7) is 7.60. The Morgan fingerprint density at radius 2 is 1.89 bits per heavy atom. The first-order valence-corrected chi connectivity index (χ1v) is 13.3. The highest BCUT2D eigenvalue weighted by Gasteiger charge is 2.20. The molecule has 1 aliphatic rings. The van der Waals surface area contributed by atoms with E-state index in [0.717, 1.165) is 83.4 Å². The zero-order chi connectivity index (χ0) is 24.9. The number of fused-ring (bicyclic) bond motifs is 1. The highest BCUT2D eigenvalue weighted by molar-refractivity contribution is 7.18. The fourth-order valence-corrected chi connectivity index (χ4v) is 5.47. The summed E-state index contributed by atoms with van der Waals surface area (Å²) in [6.07, 6.45) is 3.09. The van der Waals surface area contributed by atoms with Gasteiger partial charge in [-0.1, -0.05) is 19.1 Å². The van der Waals surface area contributed by atoms with E-state index in [1.165, 1.54) is 12.1 Å². The van der Waals surface area contributed by atoms with E-state index >= 15 is 0 Å². The third-order valence-electron chi connectivity index (χ3n) is 6.62. The first kappa shape index (κ1) is 24.8. The van der Waals surface area contributed by atoms with E-state index in [9.17, 15) is 9.50 Å². The van der Waals surface area contributed by atoms with Crippen LogP contribution >= 0.6 is 11.3 Å². The Morgan fingerprint density at radius 3 is 2.67 bits per heavy atom. The maximum atomic E-state index is 13.3. The second-order valence-electron chi connectivity index (χ2n) is 9.20. The zero-order valence-corrected chi connectivity index (χ0v) is 21.3. The van der Waals surface area contributed by atoms with Gasteiger partial charge in [0, 0.05) is 63.5 Å². The normalized spacial score (nSPS) is 16.0. The summed E-state index contributed by atoms with van der Waals surface area (Å²) in [7, 11) is 0. The predicted octanol–water partition coefficient (Wildman–Crippen LogP) is 3.99. The Labute approximate surface area is 214 Å². The molecule has 190 valence electrons. The van der Waals surface area contributed by atoms with Gasteiger partial charge in [-0.2, -0.15) is 5.10 Å². The van der Waals surface area contributed by atoms with Crippen molar-refractivity contribution in [3.8, 4) is 16.9 Å². The summed E-state index contributed by atoms with van der Waals surface area (Å²) in [6, 6.07) is 12.5. The quantitative estimate of drug-likeness (QED) is 0.337. The SMILES string of the molecule is CCc1nc2cc(OC[C@@H](O)CN3CCN(CCc4n[nH]cc4-c4ccc(F)cc4)CC3)ccc2s1. The van der Waals surface area contributed by atoms with E-state index in [0.29, 0.717) is 6.54 Å². The van der Waals surface area contributed by atoms with Crippen molar-refractivity contribution in [2.45, 2.75) is 25.9 Å². The Kier molecular flexibility index (Phi) is 7.91. The molecule has 0 saturated carbocycles. The Bertz CT molecular complexity index is 1270. The molecule has 5 rings (SSSR count). The van der Waals surface area contributed by atoms with Crippen LogP contribution in [0.3, 0.4) is 0 Å². The summed E-state index contributed by atoms with van der Waals surface area (Å²) < 4.78 is 20.3. The van der Waals surface area contributed by atoms with Gasteiger partial charge < -0.3 is 14.7 Å². The van der Waals surface area contributed by atoms with Gasteiger partial charge in [0.1, 0.15) is 24.3 Å². The van der Waals surface area contributed by atoms with E-state index in [1.807, 2.05) is 24.4 Å². The predicted molar refractivity (Wildman–Crippen MR) is 141 cm³/mol. The van der Waals surface area contributed by atoms with Crippen LogP contribution in [0.2, 0.25) is 0 Å². The molecule has 1 aliphatic heterocycles. The number of halogens is 1. The van der Waals surface area contributed by atoms with Crippen molar-refractivity contribution in [1.29, 1.82) is 0 Å². The molecule has 0 spiro atoms. The van der Waals surface area contributed by atoms with E-state index in [4.69, 9.17) is 4.74 Å². The third-order valence-corrected chi connectivity index (χ3v) is 7.80. The number of aromatic amines is 1. The second kappa shape index (κ2) is 11.5. The average molecular weight is 510 g/mol. The molecule has 2 N–H and O–H groups in total. The first-order chi connectivity index (χ1) is 17.6. The molecule has 0 unspecified atom stereocenters. The number of hydrogen-bond donors (Lipinski definition) is 2. The van der Waals surface area contributed by atoms with Crippen LogP contribution in [-0.4, -0.2) is 82.1 Å². The number of aliphatic hydroxyl groups excluding tert-OH is 1. The number of aryl methyl sites for hydroxylation is 1. The van der Waals surface area contributed by atoms with Crippen LogP contribution in [0.1, 0.15) is 17.6 Å². The molecule has 0 radical (unpaired) electrons. The number of nitrogens with one attached hydrogen (secondary N) is 1. The minimum Gasteiger partial charge on any atom is -0.491 e. The topological polar surface area (TPSA) is 77.5 Å². The molecule has 2 aromatic heterocycles. The van der Waals surface area contributed by atoms with Gasteiger partial charge in [-0.05, 0) is 36.2 Å². The lowest BCUT2D eigenvalue weighted by molar-refractivity contribution is 0.0463. The second-order valence-corrected chi connectivity index (χ2v) is 10.3. The molecule has 0 bridgehead atoms. The minimum atomic E-state index is -0.545. The van der Waals surface area contributed by atoms with E-state index in [2.05, 4.69) is 31.9 Å². The van der Waals surface area contributed by atoms with E-state index in [-0.39, 0.29) is 12.4 Å². The molecule has 1 saturated heterocycles. The number of nitrogens with zero attached hydrogens (tertiary/aromatic N) is 4. The van der Waals surface area contributed by atoms with Crippen molar-refractivity contribution in [2.24, 2.45) is 0 Å². The standard InChI is InChI=1S/C27H32FN5O2S/c1-2-27-30-25-15-22(7-8-26(25)36-27)35-18-21(34)17-33-13-11-32(12-14-33)10-9-24-23(16-29-31-24)19-3-5-20(28)6-4-19/h3-8,15-16,21,34H,2,9-14,17-18H2,1H3,(H,29,31)/t21-/m0/s1. The van der Waals surface area contributed by atoms with Crippen LogP contribution in [0.25, 0.3) is 21.3 Å². The smallest absolute Gasteiger partial charge is 0.123 e. The first-order valence-electron chi connectivity index (χ1n) is 12.5. The zero-order valence-electron chi connectivity index (χ0n) is 20.5. The van der Waals surface area contributed by atoms with Crippen LogP contribution in [0.5, 0.6) is 5.75 Å². The molecule has 1 fully saturated rings. The fourth-order valence-electron chi connectivity index (χ4n) is 4.59. The number of ether oxygens (including phenoxy) is 1. The van der Waals surface area contributed by atoms with Crippen LogP contribution in [0.4, 0.5) is 4.39 Å². The summed E-state index contributed by atoms with van der Waals surface area (Å²) >= 11 is 1.71. The molecule has 2 aromatic carbocycles. The summed E-state index contributed by atoms with van der Waals surface area (Å²) in [4.78, 5) is 9.34. The number of H-pyrrole nitrogens is 1. The van der Waals surface area contributed by atoms with Crippen molar-refractivity contribution in [3.05, 3.63) is 65.2 Å². The number of aromatic nitrogens is 3. The number of hydrogen-bond acceptors (Lipinski definition) is 7. The molecule has 7 nitrogen and oxygen atoms in total. The fraction of sp³-hybridized carbons (Fsp3) is 0.407. The van der Waals surface area contributed by atoms with Gasteiger partial charge in [-0.3, -0.25) is 10.00 Å². The number of β-amino-alcohol motifs (C(OH)–C–C–N with tert-alkyl or cyclic N) is 1. The lowest BCUT2D eigenvalue weighted by atomic mass is 10.0. The molecule has 36 heavy (non-hydrogen) atoms. The van der Waals surface area contributed by atoms with Crippen LogP contribution in [0.15, 0.2) is 48.7 Å². The van der Waals surface area contributed by atoms with Gasteiger partial charge in [0.2, 0.25) is 0 Å². The van der Waals surface area contributed by atoms with E-state index in [1.54, 1.807) is 23.5 Å². The maximum absolute atomic E-state index is 13.3. The number of rotatable bonds is 10. The van der Waals surface area contributed by atoms with Crippen molar-refractivity contribution in [1.82, 2.24) is 25.0 Å². The maximum Gasteiger partial charge on any atom is 0.123 e. The lowest BCUT2D eigenvalue weighted by Gasteiger charge is -2.35. The van der Waals surface area contributed by atoms with Gasteiger partial charge in [-0.25, -0.2) is 9.37 Å². The number of aliphatic hydroxyl groups is 1. The van der Waals surface area contributed by atoms with Crippen molar-refractivity contribution in [2.75, 3.05) is 45.9 Å². The number of thiazole rings is 1. The highest BCUT2D eigenvalue weighted by atomic mass is 32.1. The highest BCUT2D eigenvalue weighted by Crippen LogP contribution is 2.26. The van der Waals surface area contributed by atoms with Crippen molar-refractivity contribution >= 4 is 21.6 Å². The number of benzene rings is 2. The van der Waals surface area contributed by atoms with Crippen LogP contribution in [0, 0.1) is 5.82 Å². The average Bonchev–Trinajstić information content (AvgIpc) is 3.54. The van der Waals surface area contributed by atoms with Crippen molar-refractivity contribution < 1.29 is 14.2 Å². The Hall–Kier alpha value is -2.85. The Balaban J connectivity index is 1.04. The van der Waals surface area contributed by atoms with E-state index < -0.39 is 6.10 Å². The largest absolute Gasteiger partial charge is 0.491 e. The van der Waals surface area contributed by atoms with Gasteiger partial charge in [-0.15, -0.1) is 11.3 Å². The molecule has 9 heteroatoms. The van der Waals surface area contributed by atoms with Gasteiger partial charge in [0.15, 0.2) is 0 Å². The van der Waals surface area contributed by atoms with Gasteiger partial charge in [0.05, 0.1) is 20.9 Å². The molecule has 1 atom stereocenters. The summed E-state index contributed by atoms with van der Waals surface area (Å²) in [5.74, 6) is 0.513. The lowest BCUT2D eigenvalue weighted by Crippen LogP contribution is -2.49. The summed E-state index contributed by atoms with van der Waals surface area (Å²) in [5, 5.41) is 19.0. The van der Waals surface area contributed by atoms with Gasteiger partial charge in [0.25, 0.3) is 0 Å². The molecule has 4 aromatic rings. The van der Waals surface area contributed by atoms with Gasteiger partial charge >= 0.3 is 0 Å². The third kappa shape index (κ3) is 6.10. The molecular formula is C27H32FN5O2S. The molecule has 3 heterocycles. The van der Waals surface area contributed by atoms with Crippen LogP contribution < -0.4 is 4.74 Å². The Morgan fingerprint density at radius 1 is 1.11 bits per heavy atom. The molecule has 0 amide bonds. The summed E-state index contributed by atoms with van der Waals surface area (Å²) in [5.41, 5.74) is 3.95. The molecular weight excluding hydrogens is 477 g/mol. The molecule has 0 aliphatic carbocycles.